The molecule has 1 amide bonds. The normalized spacial score (nSPS) is 40.1. The van der Waals surface area contributed by atoms with Crippen LogP contribution in [0.1, 0.15) is 39.5 Å². The zero-order valence-corrected chi connectivity index (χ0v) is 11.9. The topological polar surface area (TPSA) is 102 Å². The zero-order valence-electron chi connectivity index (χ0n) is 11.9. The maximum absolute atomic E-state index is 12.7. The molecule has 3 fully saturated rings. The lowest BCUT2D eigenvalue weighted by molar-refractivity contribution is -0.180. The summed E-state index contributed by atoms with van der Waals surface area (Å²) < 4.78 is 5.65. The fourth-order valence-corrected chi connectivity index (χ4v) is 4.09. The number of nitrogens with two attached hydrogens (primary N) is 1. The van der Waals surface area contributed by atoms with Gasteiger partial charge < -0.3 is 20.9 Å². The molecule has 6 heteroatoms. The molecule has 112 valence electrons. The summed E-state index contributed by atoms with van der Waals surface area (Å²) in [6.07, 6.45) is 2.55. The molecule has 6 nitrogen and oxygen atoms in total. The van der Waals surface area contributed by atoms with Crippen LogP contribution in [0.4, 0.5) is 0 Å². The summed E-state index contributed by atoms with van der Waals surface area (Å²) in [6, 6.07) is 0. The summed E-state index contributed by atoms with van der Waals surface area (Å²) in [5, 5.41) is 12.0. The molecule has 0 aromatic carbocycles. The Kier molecular flexibility index (Phi) is 2.73. The Morgan fingerprint density at radius 1 is 1.35 bits per heavy atom. The second-order valence-electron chi connectivity index (χ2n) is 6.97. The van der Waals surface area contributed by atoms with Gasteiger partial charge in [-0.2, -0.15) is 0 Å². The number of carbonyl (C=O) groups excluding carboxylic acids is 1. The lowest BCUT2D eigenvalue weighted by atomic mass is 9.47. The third kappa shape index (κ3) is 1.41. The van der Waals surface area contributed by atoms with E-state index in [1.807, 2.05) is 13.8 Å². The molecule has 3 unspecified atom stereocenters. The molecule has 2 saturated carbocycles. The van der Waals surface area contributed by atoms with Crippen molar-refractivity contribution < 1.29 is 19.4 Å². The van der Waals surface area contributed by atoms with Crippen LogP contribution in [0.5, 0.6) is 0 Å². The van der Waals surface area contributed by atoms with Gasteiger partial charge in [0.25, 0.3) is 0 Å². The fourth-order valence-electron chi connectivity index (χ4n) is 4.09. The second-order valence-corrected chi connectivity index (χ2v) is 6.97. The molecule has 3 rings (SSSR count). The Balaban J connectivity index is 1.82. The van der Waals surface area contributed by atoms with Gasteiger partial charge in [0, 0.05) is 17.9 Å². The van der Waals surface area contributed by atoms with Crippen LogP contribution in [0.25, 0.3) is 0 Å². The molecular weight excluding hydrogens is 260 g/mol. The smallest absolute Gasteiger partial charge is 0.329 e. The summed E-state index contributed by atoms with van der Waals surface area (Å²) >= 11 is 0. The van der Waals surface area contributed by atoms with Gasteiger partial charge in [0.15, 0.2) is 0 Å². The highest BCUT2D eigenvalue weighted by atomic mass is 16.5. The summed E-state index contributed by atoms with van der Waals surface area (Å²) in [7, 11) is 0. The van der Waals surface area contributed by atoms with Crippen LogP contribution in [0.15, 0.2) is 0 Å². The van der Waals surface area contributed by atoms with E-state index < -0.39 is 22.5 Å². The number of nitrogens with one attached hydrogen (secondary N) is 1. The van der Waals surface area contributed by atoms with Crippen molar-refractivity contribution in [2.75, 3.05) is 6.61 Å². The highest BCUT2D eigenvalue weighted by Gasteiger charge is 2.72. The van der Waals surface area contributed by atoms with Crippen LogP contribution in [-0.2, 0) is 14.3 Å². The van der Waals surface area contributed by atoms with Gasteiger partial charge in [0.05, 0.1) is 6.10 Å². The van der Waals surface area contributed by atoms with Crippen LogP contribution in [0.2, 0.25) is 0 Å². The summed E-state index contributed by atoms with van der Waals surface area (Å²) in [4.78, 5) is 24.0. The van der Waals surface area contributed by atoms with Gasteiger partial charge in [-0.1, -0.05) is 13.8 Å². The van der Waals surface area contributed by atoms with E-state index in [2.05, 4.69) is 5.32 Å². The standard InChI is InChI=1S/C14H22N2O4/c1-12(2)9-8(4-7-20-9)14(12,15)10(17)16-13(11(18)19)5-3-6-13/h8-9H,3-7,15H2,1-2H3,(H,16,17)(H,18,19). The van der Waals surface area contributed by atoms with E-state index in [0.717, 1.165) is 12.8 Å². The molecule has 0 spiro atoms. The molecule has 2 aliphatic carbocycles. The largest absolute Gasteiger partial charge is 0.480 e. The van der Waals surface area contributed by atoms with Crippen molar-refractivity contribution in [2.24, 2.45) is 17.1 Å². The van der Waals surface area contributed by atoms with Crippen LogP contribution in [0.3, 0.4) is 0 Å². The van der Waals surface area contributed by atoms with E-state index >= 15 is 0 Å². The number of aliphatic carboxylic acids is 1. The number of carboxylic acids is 1. The fraction of sp³-hybridized carbons (Fsp3) is 0.857. The van der Waals surface area contributed by atoms with E-state index in [1.165, 1.54) is 0 Å². The number of carboxylic acid groups (broad SMARTS) is 1. The highest BCUT2D eigenvalue weighted by molar-refractivity contribution is 5.94. The lowest BCUT2D eigenvalue weighted by Gasteiger charge is -2.61. The number of rotatable bonds is 3. The van der Waals surface area contributed by atoms with E-state index in [4.69, 9.17) is 10.5 Å². The molecule has 0 aromatic rings. The number of hydrogen-bond acceptors (Lipinski definition) is 4. The molecule has 0 aromatic heterocycles. The van der Waals surface area contributed by atoms with Crippen LogP contribution < -0.4 is 11.1 Å². The third-order valence-corrected chi connectivity index (χ3v) is 5.80. The number of amides is 1. The van der Waals surface area contributed by atoms with Gasteiger partial charge >= 0.3 is 5.97 Å². The van der Waals surface area contributed by atoms with Crippen molar-refractivity contribution in [2.45, 2.75) is 56.7 Å². The number of carbonyl (C=O) groups is 2. The summed E-state index contributed by atoms with van der Waals surface area (Å²) in [5.74, 6) is -1.31. The van der Waals surface area contributed by atoms with Crippen LogP contribution in [0, 0.1) is 11.3 Å². The average Bonchev–Trinajstić information content (AvgIpc) is 2.79. The van der Waals surface area contributed by atoms with Gasteiger partial charge in [-0.15, -0.1) is 0 Å². The molecule has 1 saturated heterocycles. The minimum Gasteiger partial charge on any atom is -0.480 e. The molecule has 4 N–H and O–H groups in total. The third-order valence-electron chi connectivity index (χ3n) is 5.80. The minimum atomic E-state index is -1.11. The SMILES string of the molecule is CC1(C)C2OCCC2C1(N)C(=O)NC1(C(=O)O)CCC1. The quantitative estimate of drug-likeness (QED) is 0.689. The van der Waals surface area contributed by atoms with Crippen LogP contribution >= 0.6 is 0 Å². The highest BCUT2D eigenvalue weighted by Crippen LogP contribution is 2.58. The number of ether oxygens (including phenoxy) is 1. The van der Waals surface area contributed by atoms with Gasteiger partial charge in [0.1, 0.15) is 11.1 Å². The predicted octanol–water partition coefficient (Wildman–Crippen LogP) is 0.252. The first kappa shape index (κ1) is 13.8. The molecule has 0 bridgehead atoms. The summed E-state index contributed by atoms with van der Waals surface area (Å²) in [6.45, 7) is 4.47. The van der Waals surface area contributed by atoms with Crippen molar-refractivity contribution in [1.82, 2.24) is 5.32 Å². The predicted molar refractivity (Wildman–Crippen MR) is 70.9 cm³/mol. The Hall–Kier alpha value is -1.14. The van der Waals surface area contributed by atoms with E-state index in [1.54, 1.807) is 0 Å². The average molecular weight is 282 g/mol. The molecular formula is C14H22N2O4. The van der Waals surface area contributed by atoms with Gasteiger partial charge in [-0.25, -0.2) is 4.79 Å². The minimum absolute atomic E-state index is 0.000388. The van der Waals surface area contributed by atoms with E-state index in [-0.39, 0.29) is 17.9 Å². The van der Waals surface area contributed by atoms with Crippen molar-refractivity contribution in [3.05, 3.63) is 0 Å². The van der Waals surface area contributed by atoms with Crippen molar-refractivity contribution in [3.63, 3.8) is 0 Å². The maximum Gasteiger partial charge on any atom is 0.329 e. The molecule has 3 atom stereocenters. The van der Waals surface area contributed by atoms with E-state index in [9.17, 15) is 14.7 Å². The first-order chi connectivity index (χ1) is 9.26. The number of fused-ring (bicyclic) bond motifs is 1. The lowest BCUT2D eigenvalue weighted by Crippen LogP contribution is -2.82. The second kappa shape index (κ2) is 3.95. The monoisotopic (exact) mass is 282 g/mol. The Morgan fingerprint density at radius 3 is 2.50 bits per heavy atom. The molecule has 20 heavy (non-hydrogen) atoms. The van der Waals surface area contributed by atoms with Crippen molar-refractivity contribution >= 4 is 11.9 Å². The summed E-state index contributed by atoms with van der Waals surface area (Å²) in [5.41, 5.74) is 3.80. The Bertz CT molecular complexity index is 472. The molecule has 1 heterocycles. The molecule has 3 aliphatic rings. The van der Waals surface area contributed by atoms with Gasteiger partial charge in [-0.05, 0) is 25.7 Å². The van der Waals surface area contributed by atoms with Crippen LogP contribution in [-0.4, -0.2) is 40.8 Å². The number of hydrogen-bond donors (Lipinski definition) is 3. The van der Waals surface area contributed by atoms with E-state index in [0.29, 0.717) is 19.4 Å². The van der Waals surface area contributed by atoms with Gasteiger partial charge in [0.2, 0.25) is 5.91 Å². The van der Waals surface area contributed by atoms with Crippen molar-refractivity contribution in [3.8, 4) is 0 Å². The Morgan fingerprint density at radius 2 is 2.00 bits per heavy atom. The van der Waals surface area contributed by atoms with Gasteiger partial charge in [-0.3, -0.25) is 4.79 Å². The first-order valence-electron chi connectivity index (χ1n) is 7.22. The first-order valence-corrected chi connectivity index (χ1v) is 7.22. The molecule has 1 aliphatic heterocycles. The molecule has 0 radical (unpaired) electrons. The Labute approximate surface area is 118 Å². The maximum atomic E-state index is 12.7. The van der Waals surface area contributed by atoms with Crippen molar-refractivity contribution in [1.29, 1.82) is 0 Å². The zero-order chi connectivity index (χ0) is 14.8.